The van der Waals surface area contributed by atoms with Gasteiger partial charge in [0.15, 0.2) is 6.21 Å². The second-order valence-corrected chi connectivity index (χ2v) is 13.8. The zero-order valence-corrected chi connectivity index (χ0v) is 29.2. The first-order valence-corrected chi connectivity index (χ1v) is 17.4. The van der Waals surface area contributed by atoms with E-state index in [9.17, 15) is 18.4 Å². The largest absolute Gasteiger partial charge is 0.496 e. The van der Waals surface area contributed by atoms with Crippen molar-refractivity contribution in [3.05, 3.63) is 65.4 Å². The van der Waals surface area contributed by atoms with Crippen molar-refractivity contribution in [1.82, 2.24) is 5.32 Å². The molecule has 2 aliphatic rings. The third kappa shape index (κ3) is 10.7. The molecule has 0 atom stereocenters. The Balaban J connectivity index is 1.46. The number of nitrogens with zero attached hydrogens (tertiary/aromatic N) is 1. The number of alkyl carbamates (subject to hydrolysis) is 1. The molecule has 0 saturated heterocycles. The van der Waals surface area contributed by atoms with Gasteiger partial charge in [0.25, 0.3) is 5.92 Å². The van der Waals surface area contributed by atoms with Crippen molar-refractivity contribution in [2.75, 3.05) is 31.7 Å². The van der Waals surface area contributed by atoms with Crippen LogP contribution in [0.5, 0.6) is 5.75 Å². The minimum atomic E-state index is -3.42. The maximum atomic E-state index is 14.3. The van der Waals surface area contributed by atoms with Crippen LogP contribution in [0.2, 0.25) is 0 Å². The molecular weight excluding hydrogens is 630 g/mol. The van der Waals surface area contributed by atoms with E-state index in [0.29, 0.717) is 44.1 Å². The number of nitrogens with two attached hydrogens (primary N) is 1. The van der Waals surface area contributed by atoms with E-state index in [1.165, 1.54) is 5.56 Å². The van der Waals surface area contributed by atoms with Gasteiger partial charge in [-0.1, -0.05) is 24.3 Å². The molecule has 0 heterocycles. The summed E-state index contributed by atoms with van der Waals surface area (Å²) in [5.74, 6) is -1.94. The van der Waals surface area contributed by atoms with Crippen molar-refractivity contribution in [2.45, 2.75) is 96.1 Å². The number of anilines is 1. The molecule has 0 aromatic heterocycles. The molecule has 4 rings (SSSR count). The Morgan fingerprint density at radius 2 is 1.80 bits per heavy atom. The molecule has 9 nitrogen and oxygen atoms in total. The topological polar surface area (TPSA) is 128 Å². The lowest BCUT2D eigenvalue weighted by molar-refractivity contribution is -0.487. The maximum Gasteiger partial charge on any atom is 0.407 e. The van der Waals surface area contributed by atoms with Gasteiger partial charge in [-0.25, -0.2) is 18.6 Å². The Kier molecular flexibility index (Phi) is 13.6. The third-order valence-electron chi connectivity index (χ3n) is 9.71. The van der Waals surface area contributed by atoms with Gasteiger partial charge >= 0.3 is 6.09 Å². The lowest BCUT2D eigenvalue weighted by Gasteiger charge is -2.36. The van der Waals surface area contributed by atoms with E-state index < -0.39 is 31.3 Å². The van der Waals surface area contributed by atoms with Crippen LogP contribution in [0.3, 0.4) is 0 Å². The highest BCUT2D eigenvalue weighted by molar-refractivity contribution is 6.07. The van der Waals surface area contributed by atoms with Crippen molar-refractivity contribution in [2.24, 2.45) is 17.6 Å². The molecule has 2 aromatic carbocycles. The molecule has 2 aliphatic carbocycles. The average Bonchev–Trinajstić information content (AvgIpc) is 3.10. The van der Waals surface area contributed by atoms with E-state index in [2.05, 4.69) is 24.0 Å². The van der Waals surface area contributed by atoms with Gasteiger partial charge in [0.2, 0.25) is 5.91 Å². The molecule has 0 radical (unpaired) electrons. The van der Waals surface area contributed by atoms with E-state index in [-0.39, 0.29) is 17.9 Å². The summed E-state index contributed by atoms with van der Waals surface area (Å²) in [5.41, 5.74) is 11.0. The van der Waals surface area contributed by atoms with Gasteiger partial charge in [-0.2, -0.15) is 0 Å². The number of aliphatic hydroxyl groups excluding tert-OH is 1. The quantitative estimate of drug-likeness (QED) is 0.218. The number of carbonyl (C=O) groups excluding carboxylic acids is 2. The molecule has 2 saturated carbocycles. The van der Waals surface area contributed by atoms with Crippen LogP contribution in [0, 0.1) is 18.8 Å². The number of rotatable bonds is 13. The van der Waals surface area contributed by atoms with Crippen molar-refractivity contribution in [1.29, 1.82) is 0 Å². The number of amides is 2. The number of halogens is 2. The van der Waals surface area contributed by atoms with Crippen LogP contribution in [0.15, 0.2) is 48.7 Å². The second-order valence-electron chi connectivity index (χ2n) is 13.8. The van der Waals surface area contributed by atoms with Crippen LogP contribution in [-0.4, -0.2) is 68.2 Å². The van der Waals surface area contributed by atoms with E-state index in [0.717, 1.165) is 53.8 Å². The Hall–Kier alpha value is -3.99. The van der Waals surface area contributed by atoms with Crippen LogP contribution >= 0.6 is 0 Å². The van der Waals surface area contributed by atoms with Gasteiger partial charge in [-0.05, 0) is 119 Å². The molecule has 11 heteroatoms. The summed E-state index contributed by atoms with van der Waals surface area (Å²) in [6, 6.07) is 14.6. The summed E-state index contributed by atoms with van der Waals surface area (Å²) in [5, 5.41) is 10.8. The van der Waals surface area contributed by atoms with E-state index in [1.807, 2.05) is 60.6 Å². The Morgan fingerprint density at radius 3 is 2.41 bits per heavy atom. The van der Waals surface area contributed by atoms with Crippen molar-refractivity contribution in [3.63, 3.8) is 0 Å². The van der Waals surface area contributed by atoms with Crippen LogP contribution in [0.1, 0.15) is 87.8 Å². The number of aliphatic hydroxyl groups is 1. The number of methoxy groups -OCH3 is 1. The van der Waals surface area contributed by atoms with Gasteiger partial charge < -0.3 is 30.5 Å². The first-order valence-electron chi connectivity index (χ1n) is 17.4. The minimum absolute atomic E-state index is 0.0399. The molecule has 2 fully saturated rings. The molecule has 2 amide bonds. The number of alkyl halides is 2. The standard InChI is InChI=1S/C38H52F2N4O5/c1-25(2)42-21-32(20-41)30-6-5-7-33(19-30)44(22-27-8-10-28(11-9-27)31-14-17-35(48-4)26(3)18-31)36(46)29-12-15-34(16-13-29)49-37(47)43-23-38(39,40)24-45/h5-7,14,17-21,25,27-29,34,45H,8-13,15-16,22-24,41H2,1-4H3,(H,43,47)/p+1/b32-20+,42-21?. The summed E-state index contributed by atoms with van der Waals surface area (Å²) in [6.07, 6.45) is 8.07. The number of carbonyl (C=O) groups is 2. The van der Waals surface area contributed by atoms with Gasteiger partial charge in [0.05, 0.1) is 19.2 Å². The van der Waals surface area contributed by atoms with Gasteiger partial charge in [0.1, 0.15) is 24.5 Å². The van der Waals surface area contributed by atoms with Gasteiger partial charge in [-0.3, -0.25) is 4.79 Å². The van der Waals surface area contributed by atoms with Crippen LogP contribution < -0.4 is 25.7 Å². The number of ether oxygens (including phenoxy) is 2. The molecule has 0 aliphatic heterocycles. The number of hydrogen-bond acceptors (Lipinski definition) is 6. The van der Waals surface area contributed by atoms with Crippen LogP contribution in [0.4, 0.5) is 19.3 Å². The van der Waals surface area contributed by atoms with Crippen LogP contribution in [-0.2, 0) is 9.53 Å². The summed E-state index contributed by atoms with van der Waals surface area (Å²) in [6.45, 7) is 4.41. The van der Waals surface area contributed by atoms with Gasteiger partial charge in [-0.15, -0.1) is 0 Å². The van der Waals surface area contributed by atoms with E-state index >= 15 is 0 Å². The molecule has 2 aromatic rings. The van der Waals surface area contributed by atoms with E-state index in [4.69, 9.17) is 20.3 Å². The molecule has 0 bridgehead atoms. The van der Waals surface area contributed by atoms with Crippen molar-refractivity contribution >= 4 is 29.5 Å². The molecule has 268 valence electrons. The zero-order chi connectivity index (χ0) is 35.6. The Labute approximate surface area is 288 Å². The Bertz CT molecular complexity index is 1460. The number of aryl methyl sites for hydroxylation is 1. The molecule has 0 unspecified atom stereocenters. The molecule has 49 heavy (non-hydrogen) atoms. The SMILES string of the molecule is COc1ccc(C2CCC(CN(C(=O)C3CCC(OC(=O)NCC(F)(F)CO)CC3)c3cccc(/C(C=[NH+]C(C)C)=C/N)c3)CC2)cc1C. The van der Waals surface area contributed by atoms with Crippen LogP contribution in [0.25, 0.3) is 5.57 Å². The number of hydrogen-bond donors (Lipinski definition) is 4. The molecule has 0 spiro atoms. The molecular formula is C38H53F2N4O5+. The highest BCUT2D eigenvalue weighted by Gasteiger charge is 2.34. The number of nitrogens with one attached hydrogen (secondary N) is 2. The zero-order valence-electron chi connectivity index (χ0n) is 29.2. The number of allylic oxidation sites excluding steroid dienone is 1. The van der Waals surface area contributed by atoms with Gasteiger partial charge in [0, 0.05) is 24.4 Å². The smallest absolute Gasteiger partial charge is 0.407 e. The maximum absolute atomic E-state index is 14.3. The second kappa shape index (κ2) is 17.6. The predicted octanol–water partition coefficient (Wildman–Crippen LogP) is 5.08. The fourth-order valence-electron chi connectivity index (χ4n) is 6.85. The summed E-state index contributed by atoms with van der Waals surface area (Å²) in [7, 11) is 1.69. The first-order chi connectivity index (χ1) is 23.4. The fraction of sp³-hybridized carbons (Fsp3) is 0.553. The monoisotopic (exact) mass is 683 g/mol. The summed E-state index contributed by atoms with van der Waals surface area (Å²) >= 11 is 0. The fourth-order valence-corrected chi connectivity index (χ4v) is 6.85. The summed E-state index contributed by atoms with van der Waals surface area (Å²) in [4.78, 5) is 31.7. The van der Waals surface area contributed by atoms with Crippen molar-refractivity contribution < 1.29 is 37.9 Å². The predicted molar refractivity (Wildman–Crippen MR) is 188 cm³/mol. The minimum Gasteiger partial charge on any atom is -0.496 e. The highest BCUT2D eigenvalue weighted by atomic mass is 19.3. The van der Waals surface area contributed by atoms with Crippen molar-refractivity contribution in [3.8, 4) is 5.75 Å². The van der Waals surface area contributed by atoms with E-state index in [1.54, 1.807) is 13.3 Å². The lowest BCUT2D eigenvalue weighted by Crippen LogP contribution is -2.74. The summed E-state index contributed by atoms with van der Waals surface area (Å²) < 4.78 is 37.5. The highest BCUT2D eigenvalue weighted by Crippen LogP contribution is 2.39. The lowest BCUT2D eigenvalue weighted by atomic mass is 9.78. The third-order valence-corrected chi connectivity index (χ3v) is 9.71. The number of benzene rings is 2. The molecule has 5 N–H and O–H groups in total. The normalized spacial score (nSPS) is 21.8. The first kappa shape index (κ1) is 37.8. The Morgan fingerprint density at radius 1 is 1.08 bits per heavy atom. The average molecular weight is 684 g/mol.